The van der Waals surface area contributed by atoms with E-state index in [1.807, 2.05) is 0 Å². The van der Waals surface area contributed by atoms with Crippen molar-refractivity contribution in [3.05, 3.63) is 0 Å². The fraction of sp³-hybridized carbons (Fsp3) is 1.00. The van der Waals surface area contributed by atoms with Crippen molar-refractivity contribution >= 4 is 0 Å². The molecule has 106 valence electrons. The van der Waals surface area contributed by atoms with Gasteiger partial charge in [-0.3, -0.25) is 4.90 Å². The standard InChI is InChI=1S/C14H29N3O/c1-13(2)17-5-3-14(12-17)11-15-4-6-16-7-9-18-10-8-16/h13-15H,3-12H2,1-2H3. The first-order chi connectivity index (χ1) is 8.75. The van der Waals surface area contributed by atoms with Gasteiger partial charge in [-0.1, -0.05) is 0 Å². The van der Waals surface area contributed by atoms with Gasteiger partial charge in [-0.05, 0) is 39.3 Å². The van der Waals surface area contributed by atoms with E-state index in [1.165, 1.54) is 32.6 Å². The molecule has 2 fully saturated rings. The van der Waals surface area contributed by atoms with Gasteiger partial charge in [0, 0.05) is 38.8 Å². The lowest BCUT2D eigenvalue weighted by Gasteiger charge is -2.26. The molecule has 2 heterocycles. The van der Waals surface area contributed by atoms with E-state index >= 15 is 0 Å². The van der Waals surface area contributed by atoms with Gasteiger partial charge in [-0.2, -0.15) is 0 Å². The molecule has 18 heavy (non-hydrogen) atoms. The molecule has 4 nitrogen and oxygen atoms in total. The molecule has 2 saturated heterocycles. The fourth-order valence-corrected chi connectivity index (χ4v) is 2.87. The fourth-order valence-electron chi connectivity index (χ4n) is 2.87. The number of hydrogen-bond acceptors (Lipinski definition) is 4. The molecule has 4 heteroatoms. The van der Waals surface area contributed by atoms with Crippen LogP contribution < -0.4 is 5.32 Å². The lowest BCUT2D eigenvalue weighted by molar-refractivity contribution is 0.0383. The van der Waals surface area contributed by atoms with E-state index in [-0.39, 0.29) is 0 Å². The van der Waals surface area contributed by atoms with Crippen LogP contribution in [0.15, 0.2) is 0 Å². The van der Waals surface area contributed by atoms with E-state index in [2.05, 4.69) is 29.0 Å². The van der Waals surface area contributed by atoms with Crippen molar-refractivity contribution in [3.63, 3.8) is 0 Å². The Bertz CT molecular complexity index is 229. The molecule has 2 rings (SSSR count). The summed E-state index contributed by atoms with van der Waals surface area (Å²) in [5.41, 5.74) is 0. The third-order valence-corrected chi connectivity index (χ3v) is 4.19. The Labute approximate surface area is 112 Å². The Morgan fingerprint density at radius 1 is 1.22 bits per heavy atom. The second-order valence-electron chi connectivity index (χ2n) is 5.90. The maximum atomic E-state index is 5.35. The lowest BCUT2D eigenvalue weighted by atomic mass is 10.1. The molecule has 0 bridgehead atoms. The molecule has 0 aromatic carbocycles. The number of nitrogens with one attached hydrogen (secondary N) is 1. The minimum atomic E-state index is 0.711. The van der Waals surface area contributed by atoms with Gasteiger partial charge in [-0.15, -0.1) is 0 Å². The van der Waals surface area contributed by atoms with Crippen molar-refractivity contribution in [2.24, 2.45) is 5.92 Å². The molecule has 0 spiro atoms. The first-order valence-corrected chi connectivity index (χ1v) is 7.50. The maximum absolute atomic E-state index is 5.35. The molecule has 0 amide bonds. The first-order valence-electron chi connectivity index (χ1n) is 7.50. The monoisotopic (exact) mass is 255 g/mol. The van der Waals surface area contributed by atoms with E-state index in [4.69, 9.17) is 4.74 Å². The molecule has 0 aliphatic carbocycles. The Morgan fingerprint density at radius 3 is 2.67 bits per heavy atom. The van der Waals surface area contributed by atoms with Crippen LogP contribution in [-0.4, -0.2) is 74.9 Å². The number of nitrogens with zero attached hydrogens (tertiary/aromatic N) is 2. The molecule has 0 radical (unpaired) electrons. The topological polar surface area (TPSA) is 27.7 Å². The minimum Gasteiger partial charge on any atom is -0.379 e. The van der Waals surface area contributed by atoms with Crippen LogP contribution in [0.5, 0.6) is 0 Å². The van der Waals surface area contributed by atoms with E-state index < -0.39 is 0 Å². The Morgan fingerprint density at radius 2 is 2.00 bits per heavy atom. The highest BCUT2D eigenvalue weighted by Crippen LogP contribution is 2.17. The number of rotatable bonds is 6. The summed E-state index contributed by atoms with van der Waals surface area (Å²) in [6.45, 7) is 14.7. The van der Waals surface area contributed by atoms with E-state index in [1.54, 1.807) is 0 Å². The molecular weight excluding hydrogens is 226 g/mol. The van der Waals surface area contributed by atoms with Crippen molar-refractivity contribution in [2.75, 3.05) is 59.0 Å². The predicted octanol–water partition coefficient (Wildman–Crippen LogP) is 0.639. The van der Waals surface area contributed by atoms with Crippen LogP contribution in [0.25, 0.3) is 0 Å². The van der Waals surface area contributed by atoms with E-state index in [0.29, 0.717) is 6.04 Å². The van der Waals surface area contributed by atoms with Crippen LogP contribution in [0.1, 0.15) is 20.3 Å². The highest BCUT2D eigenvalue weighted by molar-refractivity contribution is 4.79. The maximum Gasteiger partial charge on any atom is 0.0594 e. The van der Waals surface area contributed by atoms with Gasteiger partial charge < -0.3 is 15.0 Å². The third kappa shape index (κ3) is 4.50. The van der Waals surface area contributed by atoms with Crippen LogP contribution in [-0.2, 0) is 4.74 Å². The zero-order valence-electron chi connectivity index (χ0n) is 12.0. The second-order valence-corrected chi connectivity index (χ2v) is 5.90. The highest BCUT2D eigenvalue weighted by atomic mass is 16.5. The average molecular weight is 255 g/mol. The van der Waals surface area contributed by atoms with Crippen LogP contribution in [0.2, 0.25) is 0 Å². The molecule has 2 aliphatic heterocycles. The number of likely N-dealkylation sites (tertiary alicyclic amines) is 1. The second kappa shape index (κ2) is 7.43. The molecule has 0 aromatic rings. The molecule has 0 aromatic heterocycles. The highest BCUT2D eigenvalue weighted by Gasteiger charge is 2.23. The third-order valence-electron chi connectivity index (χ3n) is 4.19. The van der Waals surface area contributed by atoms with Gasteiger partial charge in [-0.25, -0.2) is 0 Å². The van der Waals surface area contributed by atoms with E-state index in [0.717, 1.165) is 38.8 Å². The van der Waals surface area contributed by atoms with E-state index in [9.17, 15) is 0 Å². The molecule has 1 atom stereocenters. The van der Waals surface area contributed by atoms with Crippen molar-refractivity contribution in [3.8, 4) is 0 Å². The normalized spacial score (nSPS) is 27.2. The van der Waals surface area contributed by atoms with Crippen molar-refractivity contribution in [2.45, 2.75) is 26.3 Å². The van der Waals surface area contributed by atoms with Crippen molar-refractivity contribution in [1.29, 1.82) is 0 Å². The summed E-state index contributed by atoms with van der Waals surface area (Å²) in [6, 6.07) is 0.711. The Kier molecular flexibility index (Phi) is 5.89. The van der Waals surface area contributed by atoms with Crippen LogP contribution in [0, 0.1) is 5.92 Å². The summed E-state index contributed by atoms with van der Waals surface area (Å²) in [4.78, 5) is 5.08. The van der Waals surface area contributed by atoms with Gasteiger partial charge in [0.15, 0.2) is 0 Å². The van der Waals surface area contributed by atoms with Crippen LogP contribution in [0.4, 0.5) is 0 Å². The zero-order valence-corrected chi connectivity index (χ0v) is 12.0. The summed E-state index contributed by atoms with van der Waals surface area (Å²) >= 11 is 0. The van der Waals surface area contributed by atoms with Gasteiger partial charge in [0.25, 0.3) is 0 Å². The minimum absolute atomic E-state index is 0.711. The molecule has 0 saturated carbocycles. The SMILES string of the molecule is CC(C)N1CCC(CNCCN2CCOCC2)C1. The van der Waals surface area contributed by atoms with Gasteiger partial charge >= 0.3 is 0 Å². The number of ether oxygens (including phenoxy) is 1. The quantitative estimate of drug-likeness (QED) is 0.705. The first kappa shape index (κ1) is 14.3. The predicted molar refractivity (Wildman–Crippen MR) is 74.9 cm³/mol. The molecular formula is C14H29N3O. The Balaban J connectivity index is 1.51. The van der Waals surface area contributed by atoms with Crippen LogP contribution >= 0.6 is 0 Å². The summed E-state index contributed by atoms with van der Waals surface area (Å²) < 4.78 is 5.35. The van der Waals surface area contributed by atoms with Crippen molar-refractivity contribution in [1.82, 2.24) is 15.1 Å². The summed E-state index contributed by atoms with van der Waals surface area (Å²) in [7, 11) is 0. The summed E-state index contributed by atoms with van der Waals surface area (Å²) in [5.74, 6) is 0.858. The van der Waals surface area contributed by atoms with Crippen molar-refractivity contribution < 1.29 is 4.74 Å². The van der Waals surface area contributed by atoms with Gasteiger partial charge in [0.2, 0.25) is 0 Å². The number of morpholine rings is 1. The average Bonchev–Trinajstić information content (AvgIpc) is 2.85. The summed E-state index contributed by atoms with van der Waals surface area (Å²) in [5, 5.41) is 3.62. The van der Waals surface area contributed by atoms with Gasteiger partial charge in [0.1, 0.15) is 0 Å². The lowest BCUT2D eigenvalue weighted by Crippen LogP contribution is -2.41. The number of hydrogen-bond donors (Lipinski definition) is 1. The molecule has 1 N–H and O–H groups in total. The zero-order chi connectivity index (χ0) is 12.8. The summed E-state index contributed by atoms with van der Waals surface area (Å²) in [6.07, 6.45) is 1.36. The molecule has 1 unspecified atom stereocenters. The largest absolute Gasteiger partial charge is 0.379 e. The smallest absolute Gasteiger partial charge is 0.0594 e. The van der Waals surface area contributed by atoms with Crippen LogP contribution in [0.3, 0.4) is 0 Å². The Hall–Kier alpha value is -0.160. The van der Waals surface area contributed by atoms with Gasteiger partial charge in [0.05, 0.1) is 13.2 Å². The molecule has 2 aliphatic rings.